The normalized spacial score (nSPS) is 11.8. The number of nitro groups is 1. The predicted molar refractivity (Wildman–Crippen MR) is 47.2 cm³/mol. The van der Waals surface area contributed by atoms with Crippen molar-refractivity contribution in [2.45, 2.75) is 11.5 Å². The number of hydrogen-bond acceptors (Lipinski definition) is 5. The van der Waals surface area contributed by atoms with Crippen LogP contribution in [0, 0.1) is 15.9 Å². The minimum absolute atomic E-state index is 0.147. The van der Waals surface area contributed by atoms with Crippen molar-refractivity contribution in [3.8, 4) is 0 Å². The molecule has 0 saturated carbocycles. The molecule has 0 bridgehead atoms. The Morgan fingerprint density at radius 1 is 1.47 bits per heavy atom. The van der Waals surface area contributed by atoms with Gasteiger partial charge in [-0.25, -0.2) is 27.3 Å². The lowest BCUT2D eigenvalue weighted by Crippen LogP contribution is -2.18. The number of nitrogens with zero attached hydrogens (tertiary/aromatic N) is 2. The van der Waals surface area contributed by atoms with Crippen molar-refractivity contribution in [3.05, 3.63) is 27.7 Å². The standard InChI is InChI=1S/C6H4F3N3O4S/c7-4-3(12(13)14)1-2(5(8)9)11-6(4)17(10,15)16/h1,5H,(H2,10,15,16). The average molecular weight is 271 g/mol. The number of alkyl halides is 2. The second kappa shape index (κ2) is 4.25. The van der Waals surface area contributed by atoms with Crippen LogP contribution in [0.5, 0.6) is 0 Å². The van der Waals surface area contributed by atoms with Gasteiger partial charge in [0.2, 0.25) is 10.8 Å². The van der Waals surface area contributed by atoms with E-state index in [9.17, 15) is 31.7 Å². The van der Waals surface area contributed by atoms with Gasteiger partial charge < -0.3 is 0 Å². The van der Waals surface area contributed by atoms with E-state index in [1.54, 1.807) is 0 Å². The maximum atomic E-state index is 13.3. The zero-order valence-corrected chi connectivity index (χ0v) is 8.62. The summed E-state index contributed by atoms with van der Waals surface area (Å²) in [6.07, 6.45) is -3.30. The number of hydrogen-bond donors (Lipinski definition) is 1. The van der Waals surface area contributed by atoms with Crippen molar-refractivity contribution in [1.29, 1.82) is 0 Å². The summed E-state index contributed by atoms with van der Waals surface area (Å²) in [4.78, 5) is 11.7. The van der Waals surface area contributed by atoms with Crippen molar-refractivity contribution in [2.75, 3.05) is 0 Å². The highest BCUT2D eigenvalue weighted by Gasteiger charge is 2.29. The van der Waals surface area contributed by atoms with Crippen LogP contribution in [0.2, 0.25) is 0 Å². The molecule has 0 amide bonds. The first-order valence-corrected chi connectivity index (χ1v) is 5.35. The topological polar surface area (TPSA) is 116 Å². The average Bonchev–Trinajstić information content (AvgIpc) is 2.15. The van der Waals surface area contributed by atoms with Crippen LogP contribution in [0.4, 0.5) is 18.9 Å². The minimum Gasteiger partial charge on any atom is -0.258 e. The Labute approximate surface area is 92.3 Å². The molecule has 17 heavy (non-hydrogen) atoms. The molecule has 11 heteroatoms. The van der Waals surface area contributed by atoms with E-state index in [-0.39, 0.29) is 6.07 Å². The number of nitrogens with two attached hydrogens (primary N) is 1. The molecule has 0 aliphatic carbocycles. The van der Waals surface area contributed by atoms with Crippen molar-refractivity contribution in [2.24, 2.45) is 5.14 Å². The second-order valence-corrected chi connectivity index (χ2v) is 4.26. The molecule has 1 rings (SSSR count). The molecule has 0 unspecified atom stereocenters. The highest BCUT2D eigenvalue weighted by atomic mass is 32.2. The fourth-order valence-corrected chi connectivity index (χ4v) is 1.53. The summed E-state index contributed by atoms with van der Waals surface area (Å²) >= 11 is 0. The Bertz CT molecular complexity index is 574. The van der Waals surface area contributed by atoms with E-state index in [1.807, 2.05) is 0 Å². The zero-order chi connectivity index (χ0) is 13.4. The van der Waals surface area contributed by atoms with Gasteiger partial charge in [0.1, 0.15) is 5.69 Å². The monoisotopic (exact) mass is 271 g/mol. The largest absolute Gasteiger partial charge is 0.309 e. The van der Waals surface area contributed by atoms with E-state index >= 15 is 0 Å². The van der Waals surface area contributed by atoms with Gasteiger partial charge in [0, 0.05) is 6.07 Å². The molecule has 0 saturated heterocycles. The molecular formula is C6H4F3N3O4S. The third kappa shape index (κ3) is 2.68. The zero-order valence-electron chi connectivity index (χ0n) is 7.80. The van der Waals surface area contributed by atoms with E-state index in [1.165, 1.54) is 0 Å². The highest BCUT2D eigenvalue weighted by molar-refractivity contribution is 7.89. The number of halogens is 3. The van der Waals surface area contributed by atoms with Crippen LogP contribution < -0.4 is 5.14 Å². The maximum Gasteiger partial charge on any atom is 0.309 e. The SMILES string of the molecule is NS(=O)(=O)c1nc(C(F)F)cc([N+](=O)[O-])c1F. The predicted octanol–water partition coefficient (Wildman–Crippen LogP) is 0.714. The fourth-order valence-electron chi connectivity index (χ4n) is 0.945. The van der Waals surface area contributed by atoms with Gasteiger partial charge in [-0.15, -0.1) is 0 Å². The van der Waals surface area contributed by atoms with Gasteiger partial charge in [-0.3, -0.25) is 10.1 Å². The number of primary sulfonamides is 1. The van der Waals surface area contributed by atoms with Crippen LogP contribution in [0.1, 0.15) is 12.1 Å². The Balaban J connectivity index is 3.67. The van der Waals surface area contributed by atoms with E-state index in [0.29, 0.717) is 0 Å². The molecule has 7 nitrogen and oxygen atoms in total. The van der Waals surface area contributed by atoms with Crippen molar-refractivity contribution in [1.82, 2.24) is 4.98 Å². The fraction of sp³-hybridized carbons (Fsp3) is 0.167. The van der Waals surface area contributed by atoms with Crippen molar-refractivity contribution < 1.29 is 26.5 Å². The summed E-state index contributed by atoms with van der Waals surface area (Å²) < 4.78 is 59.4. The molecule has 1 heterocycles. The first-order chi connectivity index (χ1) is 7.64. The minimum atomic E-state index is -4.77. The molecule has 0 radical (unpaired) electrons. The maximum absolute atomic E-state index is 13.3. The van der Waals surface area contributed by atoms with E-state index in [2.05, 4.69) is 10.1 Å². The van der Waals surface area contributed by atoms with Crippen molar-refractivity contribution in [3.63, 3.8) is 0 Å². The lowest BCUT2D eigenvalue weighted by Gasteiger charge is -2.04. The number of rotatable bonds is 3. The molecular weight excluding hydrogens is 267 g/mol. The Kier molecular flexibility index (Phi) is 3.33. The molecule has 2 N–H and O–H groups in total. The number of pyridine rings is 1. The van der Waals surface area contributed by atoms with Crippen LogP contribution in [0.25, 0.3) is 0 Å². The molecule has 0 atom stereocenters. The summed E-state index contributed by atoms with van der Waals surface area (Å²) in [7, 11) is -4.77. The second-order valence-electron chi connectivity index (χ2n) is 2.79. The molecule has 0 aliphatic heterocycles. The summed E-state index contributed by atoms with van der Waals surface area (Å²) in [5, 5.41) is 13.2. The smallest absolute Gasteiger partial charge is 0.258 e. The van der Waals surface area contributed by atoms with Crippen molar-refractivity contribution >= 4 is 15.7 Å². The van der Waals surface area contributed by atoms with Gasteiger partial charge in [-0.2, -0.15) is 4.39 Å². The van der Waals surface area contributed by atoms with Crippen LogP contribution in [-0.4, -0.2) is 18.3 Å². The highest BCUT2D eigenvalue weighted by Crippen LogP contribution is 2.27. The van der Waals surface area contributed by atoms with Gasteiger partial charge in [-0.05, 0) is 0 Å². The van der Waals surface area contributed by atoms with E-state index < -0.39 is 43.6 Å². The van der Waals surface area contributed by atoms with Crippen LogP contribution in [0.3, 0.4) is 0 Å². The summed E-state index contributed by atoms with van der Waals surface area (Å²) in [6.45, 7) is 0. The van der Waals surface area contributed by atoms with Gasteiger partial charge in [0.05, 0.1) is 4.92 Å². The molecule has 0 aromatic carbocycles. The molecule has 1 aromatic rings. The van der Waals surface area contributed by atoms with E-state index in [4.69, 9.17) is 0 Å². The van der Waals surface area contributed by atoms with Gasteiger partial charge in [0.25, 0.3) is 16.4 Å². The molecule has 94 valence electrons. The third-order valence-corrected chi connectivity index (χ3v) is 2.43. The Hall–Kier alpha value is -1.75. The lowest BCUT2D eigenvalue weighted by molar-refractivity contribution is -0.388. The summed E-state index contributed by atoms with van der Waals surface area (Å²) in [6, 6.07) is 0.147. The van der Waals surface area contributed by atoms with Gasteiger partial charge >= 0.3 is 5.69 Å². The summed E-state index contributed by atoms with van der Waals surface area (Å²) in [5.74, 6) is -1.87. The molecule has 0 aliphatic rings. The number of aromatic nitrogens is 1. The van der Waals surface area contributed by atoms with Crippen LogP contribution in [-0.2, 0) is 10.0 Å². The Morgan fingerprint density at radius 3 is 2.35 bits per heavy atom. The van der Waals surface area contributed by atoms with Crippen LogP contribution >= 0.6 is 0 Å². The molecule has 1 aromatic heterocycles. The van der Waals surface area contributed by atoms with Gasteiger partial charge in [0.15, 0.2) is 0 Å². The Morgan fingerprint density at radius 2 is 2.00 bits per heavy atom. The quantitative estimate of drug-likeness (QED) is 0.642. The first-order valence-electron chi connectivity index (χ1n) is 3.80. The molecule has 0 spiro atoms. The summed E-state index contributed by atoms with van der Waals surface area (Å²) in [5.41, 5.74) is -2.68. The lowest BCUT2D eigenvalue weighted by atomic mass is 10.3. The van der Waals surface area contributed by atoms with Crippen LogP contribution in [0.15, 0.2) is 11.1 Å². The van der Waals surface area contributed by atoms with E-state index in [0.717, 1.165) is 0 Å². The molecule has 0 fully saturated rings. The first kappa shape index (κ1) is 13.3. The van der Waals surface area contributed by atoms with Gasteiger partial charge in [-0.1, -0.05) is 0 Å². The number of sulfonamides is 1. The third-order valence-electron chi connectivity index (χ3n) is 1.62.